The normalized spacial score (nSPS) is 11.9. The zero-order chi connectivity index (χ0) is 62.1. The van der Waals surface area contributed by atoms with E-state index in [1.54, 1.807) is 0 Å². The summed E-state index contributed by atoms with van der Waals surface area (Å²) >= 11 is 0. The fraction of sp³-hybridized carbons (Fsp3) is 0.0465. The SMILES string of the molecule is Cc1ccc(N(c2ccc(C#N)cc2)c2ccc3c(-c4ccc(N(c5ccccc5)c5ccc6ccccc6c5)cc4)c4cc(N(c5ccc(C)cc5)c5ccc(C#N)cc5)ccc4c(-c4ccc(N(C5=CCCC=C5)c5ccc6ccccc6c5)cc4)c3c2)cc1. The van der Waals surface area contributed by atoms with Crippen molar-refractivity contribution in [1.29, 1.82) is 10.5 Å². The van der Waals surface area contributed by atoms with Gasteiger partial charge in [-0.3, -0.25) is 0 Å². The number of benzene rings is 14. The van der Waals surface area contributed by atoms with Crippen molar-refractivity contribution in [2.75, 3.05) is 19.6 Å². The van der Waals surface area contributed by atoms with Crippen LogP contribution in [0.3, 0.4) is 0 Å². The van der Waals surface area contributed by atoms with E-state index < -0.39 is 0 Å². The summed E-state index contributed by atoms with van der Waals surface area (Å²) in [5.41, 5.74) is 20.1. The molecule has 92 heavy (non-hydrogen) atoms. The summed E-state index contributed by atoms with van der Waals surface area (Å²) in [7, 11) is 0. The summed E-state index contributed by atoms with van der Waals surface area (Å²) in [4.78, 5) is 9.32. The van der Waals surface area contributed by atoms with E-state index in [9.17, 15) is 10.5 Å². The first kappa shape index (κ1) is 56.3. The summed E-state index contributed by atoms with van der Waals surface area (Å²) < 4.78 is 0. The molecular weight excluding hydrogens is 1120 g/mol. The van der Waals surface area contributed by atoms with E-state index in [-0.39, 0.29) is 0 Å². The summed E-state index contributed by atoms with van der Waals surface area (Å²) in [6.07, 6.45) is 8.86. The van der Waals surface area contributed by atoms with Gasteiger partial charge in [0.25, 0.3) is 0 Å². The highest BCUT2D eigenvalue weighted by Crippen LogP contribution is 2.50. The van der Waals surface area contributed by atoms with Gasteiger partial charge in [0, 0.05) is 68.3 Å². The number of rotatable bonds is 14. The number of nitrogens with zero attached hydrogens (tertiary/aromatic N) is 6. The van der Waals surface area contributed by atoms with Gasteiger partial charge in [-0.05, 0) is 256 Å². The molecule has 0 aromatic heterocycles. The molecule has 14 aromatic rings. The molecule has 0 spiro atoms. The van der Waals surface area contributed by atoms with E-state index in [0.29, 0.717) is 11.1 Å². The van der Waals surface area contributed by atoms with Crippen LogP contribution in [0.5, 0.6) is 0 Å². The third-order valence-electron chi connectivity index (χ3n) is 17.8. The third-order valence-corrected chi connectivity index (χ3v) is 17.8. The Hall–Kier alpha value is -12.2. The lowest BCUT2D eigenvalue weighted by atomic mass is 9.85. The second-order valence-electron chi connectivity index (χ2n) is 23.6. The Kier molecular flexibility index (Phi) is 14.9. The Morgan fingerprint density at radius 2 is 0.620 bits per heavy atom. The third kappa shape index (κ3) is 10.8. The number of allylic oxidation sites excluding steroid dienone is 3. The van der Waals surface area contributed by atoms with E-state index in [2.05, 4.69) is 313 Å². The quantitative estimate of drug-likeness (QED) is 0.101. The van der Waals surface area contributed by atoms with Crippen LogP contribution in [0, 0.1) is 36.5 Å². The lowest BCUT2D eigenvalue weighted by Gasteiger charge is -2.29. The van der Waals surface area contributed by atoms with Crippen LogP contribution in [-0.4, -0.2) is 0 Å². The van der Waals surface area contributed by atoms with Crippen molar-refractivity contribution in [3.63, 3.8) is 0 Å². The molecule has 0 amide bonds. The maximum absolute atomic E-state index is 9.99. The predicted molar refractivity (Wildman–Crippen MR) is 385 cm³/mol. The van der Waals surface area contributed by atoms with Crippen molar-refractivity contribution >= 4 is 106 Å². The van der Waals surface area contributed by atoms with Gasteiger partial charge in [0.1, 0.15) is 0 Å². The summed E-state index contributed by atoms with van der Waals surface area (Å²) in [6.45, 7) is 4.23. The van der Waals surface area contributed by atoms with Gasteiger partial charge in [-0.15, -0.1) is 0 Å². The zero-order valence-electron chi connectivity index (χ0n) is 51.1. The van der Waals surface area contributed by atoms with Crippen LogP contribution in [0.1, 0.15) is 35.1 Å². The smallest absolute Gasteiger partial charge is 0.0991 e. The number of para-hydroxylation sites is 1. The minimum absolute atomic E-state index is 0.599. The molecule has 6 nitrogen and oxygen atoms in total. The van der Waals surface area contributed by atoms with Gasteiger partial charge in [-0.25, -0.2) is 0 Å². The second-order valence-corrected chi connectivity index (χ2v) is 23.6. The fourth-order valence-electron chi connectivity index (χ4n) is 13.2. The fourth-order valence-corrected chi connectivity index (χ4v) is 13.2. The van der Waals surface area contributed by atoms with Gasteiger partial charge < -0.3 is 19.6 Å². The molecule has 0 N–H and O–H groups in total. The molecule has 0 radical (unpaired) electrons. The summed E-state index contributed by atoms with van der Waals surface area (Å²) in [5.74, 6) is 0. The van der Waals surface area contributed by atoms with Crippen LogP contribution >= 0.6 is 0 Å². The minimum atomic E-state index is 0.599. The second kappa shape index (κ2) is 24.4. The molecule has 0 bridgehead atoms. The van der Waals surface area contributed by atoms with Crippen LogP contribution < -0.4 is 19.6 Å². The lowest BCUT2D eigenvalue weighted by Crippen LogP contribution is -2.16. The first-order valence-corrected chi connectivity index (χ1v) is 31.3. The number of fused-ring (bicyclic) bond motifs is 4. The monoisotopic (exact) mass is 1180 g/mol. The van der Waals surface area contributed by atoms with Gasteiger partial charge in [0.15, 0.2) is 0 Å². The molecule has 0 atom stereocenters. The van der Waals surface area contributed by atoms with Crippen LogP contribution in [0.25, 0.3) is 65.3 Å². The van der Waals surface area contributed by atoms with E-state index >= 15 is 0 Å². The minimum Gasteiger partial charge on any atom is -0.311 e. The Bertz CT molecular complexity index is 5230. The van der Waals surface area contributed by atoms with Crippen molar-refractivity contribution in [1.82, 2.24) is 0 Å². The Morgan fingerprint density at radius 1 is 0.283 bits per heavy atom. The van der Waals surface area contributed by atoms with Crippen LogP contribution in [0.15, 0.2) is 321 Å². The van der Waals surface area contributed by atoms with Gasteiger partial charge in [0.2, 0.25) is 0 Å². The molecule has 1 aliphatic carbocycles. The number of nitriles is 2. The molecule has 0 aliphatic heterocycles. The van der Waals surface area contributed by atoms with E-state index in [0.717, 1.165) is 130 Å². The maximum Gasteiger partial charge on any atom is 0.0991 e. The first-order chi connectivity index (χ1) is 45.3. The van der Waals surface area contributed by atoms with Gasteiger partial charge in [-0.2, -0.15) is 10.5 Å². The van der Waals surface area contributed by atoms with Crippen molar-refractivity contribution in [3.8, 4) is 34.4 Å². The summed E-state index contributed by atoms with van der Waals surface area (Å²) in [6, 6.07) is 111. The highest BCUT2D eigenvalue weighted by Gasteiger charge is 2.25. The van der Waals surface area contributed by atoms with E-state index in [1.807, 2.05) is 48.5 Å². The zero-order valence-corrected chi connectivity index (χ0v) is 51.1. The molecule has 0 heterocycles. The van der Waals surface area contributed by atoms with Crippen molar-refractivity contribution in [2.45, 2.75) is 26.7 Å². The van der Waals surface area contributed by atoms with Gasteiger partial charge in [0.05, 0.1) is 23.3 Å². The molecule has 6 heteroatoms. The molecule has 0 unspecified atom stereocenters. The Balaban J connectivity index is 0.993. The van der Waals surface area contributed by atoms with Crippen molar-refractivity contribution < 1.29 is 0 Å². The maximum atomic E-state index is 9.99. The molecule has 1 aliphatic rings. The van der Waals surface area contributed by atoms with Gasteiger partial charge in [-0.1, -0.05) is 163 Å². The van der Waals surface area contributed by atoms with Crippen LogP contribution in [0.4, 0.5) is 62.6 Å². The molecular formula is C86H62N6. The average molecular weight is 1180 g/mol. The summed E-state index contributed by atoms with van der Waals surface area (Å²) in [5, 5.41) is 29.1. The molecule has 0 saturated heterocycles. The topological polar surface area (TPSA) is 60.5 Å². The predicted octanol–water partition coefficient (Wildman–Crippen LogP) is 23.8. The van der Waals surface area contributed by atoms with E-state index in [1.165, 1.54) is 27.1 Å². The molecule has 14 aromatic carbocycles. The molecule has 0 fully saturated rings. The van der Waals surface area contributed by atoms with Crippen molar-refractivity contribution in [2.24, 2.45) is 0 Å². The Morgan fingerprint density at radius 3 is 1.03 bits per heavy atom. The van der Waals surface area contributed by atoms with Gasteiger partial charge >= 0.3 is 0 Å². The first-order valence-electron chi connectivity index (χ1n) is 31.3. The number of anilines is 11. The highest BCUT2D eigenvalue weighted by molar-refractivity contribution is 6.23. The Labute approximate surface area is 537 Å². The molecule has 15 rings (SSSR count). The molecule has 0 saturated carbocycles. The van der Waals surface area contributed by atoms with Crippen molar-refractivity contribution in [3.05, 3.63) is 343 Å². The largest absolute Gasteiger partial charge is 0.311 e. The van der Waals surface area contributed by atoms with E-state index in [4.69, 9.17) is 0 Å². The standard InChI is InChI=1S/C86H62N6/c1-59-21-35-71(36-22-59)91(73-39-25-61(57-87)26-40-73)79-49-51-81-83(55-79)85(65-31-43-75(44-32-65)89(69-17-5-3-6-18-69)77-47-29-63-13-9-11-15-67(63)53-77)82-52-50-80(92(72-37-23-60(2)24-38-72)74-41-27-62(58-88)28-42-74)56-84(82)86(81)66-33-45-76(46-34-66)90(70-19-7-4-8-20-70)78-48-30-64-14-10-12-16-68(64)54-78/h3,5-7,9-56H,4,8H2,1-2H3. The lowest BCUT2D eigenvalue weighted by molar-refractivity contribution is 0.997. The number of aryl methyl sites for hydroxylation is 2. The van der Waals surface area contributed by atoms with Crippen LogP contribution in [-0.2, 0) is 0 Å². The highest BCUT2D eigenvalue weighted by atomic mass is 15.2. The number of hydrogen-bond donors (Lipinski definition) is 0. The number of hydrogen-bond acceptors (Lipinski definition) is 6. The molecule has 436 valence electrons. The average Bonchev–Trinajstić information content (AvgIpc) is 0.736. The van der Waals surface area contributed by atoms with Crippen LogP contribution in [0.2, 0.25) is 0 Å².